The van der Waals surface area contributed by atoms with Crippen LogP contribution in [0.5, 0.6) is 0 Å². The first-order chi connectivity index (χ1) is 9.08. The molecule has 0 aliphatic carbocycles. The van der Waals surface area contributed by atoms with Crippen molar-refractivity contribution >= 4 is 33.3 Å². The average Bonchev–Trinajstić information content (AvgIpc) is 2.81. The lowest BCUT2D eigenvalue weighted by Crippen LogP contribution is -2.38. The zero-order valence-corrected chi connectivity index (χ0v) is 12.1. The van der Waals surface area contributed by atoms with Gasteiger partial charge in [0, 0.05) is 11.9 Å². The number of rotatable bonds is 5. The zero-order valence-electron chi connectivity index (χ0n) is 11.3. The third-order valence-electron chi connectivity index (χ3n) is 3.18. The lowest BCUT2D eigenvalue weighted by molar-refractivity contribution is -0.138. The van der Waals surface area contributed by atoms with E-state index in [4.69, 9.17) is 0 Å². The van der Waals surface area contributed by atoms with E-state index < -0.39 is 12.0 Å². The number of anilines is 1. The Morgan fingerprint density at radius 2 is 2.21 bits per heavy atom. The molecule has 0 spiro atoms. The van der Waals surface area contributed by atoms with Gasteiger partial charge in [0.15, 0.2) is 0 Å². The van der Waals surface area contributed by atoms with Crippen molar-refractivity contribution in [2.24, 2.45) is 0 Å². The Morgan fingerprint density at radius 3 is 2.79 bits per heavy atom. The first-order valence-electron chi connectivity index (χ1n) is 6.27. The van der Waals surface area contributed by atoms with Crippen molar-refractivity contribution in [3.05, 3.63) is 17.3 Å². The summed E-state index contributed by atoms with van der Waals surface area (Å²) in [4.78, 5) is 23.6. The van der Waals surface area contributed by atoms with Crippen LogP contribution in [0.1, 0.15) is 25.1 Å². The minimum atomic E-state index is -0.831. The molecule has 0 aliphatic heterocycles. The smallest absolute Gasteiger partial charge is 0.326 e. The van der Waals surface area contributed by atoms with Crippen LogP contribution < -0.4 is 4.90 Å². The number of hydrogen-bond donors (Lipinski definition) is 1. The first-order valence-corrected chi connectivity index (χ1v) is 7.09. The summed E-state index contributed by atoms with van der Waals surface area (Å²) in [5.74, 6) is -0.141. The second kappa shape index (κ2) is 5.52. The van der Waals surface area contributed by atoms with Crippen LogP contribution in [0.4, 0.5) is 5.82 Å². The minimum Gasteiger partial charge on any atom is -0.480 e. The predicted molar refractivity (Wildman–Crippen MR) is 76.9 cm³/mol. The van der Waals surface area contributed by atoms with E-state index in [1.54, 1.807) is 23.3 Å². The molecular formula is C13H17N3O2S. The van der Waals surface area contributed by atoms with Crippen LogP contribution in [0.2, 0.25) is 0 Å². The number of thiophene rings is 1. The molecule has 2 heterocycles. The SMILES string of the molecule is CCc1cc2c(N(C)C(CC)C(=O)O)ncnc2s1. The van der Waals surface area contributed by atoms with Gasteiger partial charge >= 0.3 is 5.97 Å². The highest BCUT2D eigenvalue weighted by Gasteiger charge is 2.23. The third-order valence-corrected chi connectivity index (χ3v) is 4.37. The summed E-state index contributed by atoms with van der Waals surface area (Å²) >= 11 is 1.63. The van der Waals surface area contributed by atoms with Crippen molar-refractivity contribution in [2.45, 2.75) is 32.7 Å². The molecule has 0 fully saturated rings. The Balaban J connectivity index is 2.49. The van der Waals surface area contributed by atoms with Gasteiger partial charge in [-0.05, 0) is 18.9 Å². The molecule has 0 aromatic carbocycles. The molecule has 2 aromatic rings. The molecule has 0 radical (unpaired) electrons. The molecule has 2 aromatic heterocycles. The summed E-state index contributed by atoms with van der Waals surface area (Å²) in [6.07, 6.45) is 2.97. The van der Waals surface area contributed by atoms with Crippen LogP contribution in [-0.4, -0.2) is 34.1 Å². The molecule has 1 atom stereocenters. The quantitative estimate of drug-likeness (QED) is 0.911. The Labute approximate surface area is 115 Å². The number of aryl methyl sites for hydroxylation is 1. The van der Waals surface area contributed by atoms with Crippen molar-refractivity contribution in [2.75, 3.05) is 11.9 Å². The summed E-state index contributed by atoms with van der Waals surface area (Å²) in [5.41, 5.74) is 0. The molecule has 0 saturated heterocycles. The highest BCUT2D eigenvalue weighted by molar-refractivity contribution is 7.18. The van der Waals surface area contributed by atoms with Gasteiger partial charge in [0.05, 0.1) is 5.39 Å². The molecule has 0 amide bonds. The van der Waals surface area contributed by atoms with Gasteiger partial charge in [0.1, 0.15) is 23.0 Å². The van der Waals surface area contributed by atoms with Crippen molar-refractivity contribution in [1.82, 2.24) is 9.97 Å². The molecule has 1 unspecified atom stereocenters. The predicted octanol–water partition coefficient (Wildman–Crippen LogP) is 2.55. The number of carboxylic acids is 1. The third kappa shape index (κ3) is 2.53. The number of aromatic nitrogens is 2. The molecule has 0 saturated carbocycles. The first kappa shape index (κ1) is 13.7. The normalized spacial score (nSPS) is 12.6. The molecular weight excluding hydrogens is 262 g/mol. The fraction of sp³-hybridized carbons (Fsp3) is 0.462. The number of fused-ring (bicyclic) bond motifs is 1. The van der Waals surface area contributed by atoms with Gasteiger partial charge in [-0.15, -0.1) is 11.3 Å². The van der Waals surface area contributed by atoms with Gasteiger partial charge in [-0.3, -0.25) is 0 Å². The number of hydrogen-bond acceptors (Lipinski definition) is 5. The van der Waals surface area contributed by atoms with Crippen LogP contribution in [0.25, 0.3) is 10.2 Å². The van der Waals surface area contributed by atoms with Crippen molar-refractivity contribution < 1.29 is 9.90 Å². The zero-order chi connectivity index (χ0) is 14.0. The van der Waals surface area contributed by atoms with Crippen molar-refractivity contribution in [3.8, 4) is 0 Å². The van der Waals surface area contributed by atoms with Gasteiger partial charge in [-0.2, -0.15) is 0 Å². The van der Waals surface area contributed by atoms with E-state index in [0.717, 1.165) is 16.6 Å². The Morgan fingerprint density at radius 1 is 1.47 bits per heavy atom. The van der Waals surface area contributed by atoms with Crippen LogP contribution in [0, 0.1) is 0 Å². The summed E-state index contributed by atoms with van der Waals surface area (Å²) in [7, 11) is 1.77. The maximum Gasteiger partial charge on any atom is 0.326 e. The van der Waals surface area contributed by atoms with Crippen LogP contribution in [0.15, 0.2) is 12.4 Å². The van der Waals surface area contributed by atoms with E-state index in [9.17, 15) is 9.90 Å². The molecule has 1 N–H and O–H groups in total. The van der Waals surface area contributed by atoms with Crippen molar-refractivity contribution in [1.29, 1.82) is 0 Å². The van der Waals surface area contributed by atoms with Gasteiger partial charge in [-0.1, -0.05) is 13.8 Å². The maximum atomic E-state index is 11.3. The van der Waals surface area contributed by atoms with Gasteiger partial charge in [-0.25, -0.2) is 14.8 Å². The summed E-state index contributed by atoms with van der Waals surface area (Å²) in [6.45, 7) is 3.95. The Hall–Kier alpha value is -1.69. The number of carbonyl (C=O) groups is 1. The molecule has 2 rings (SSSR count). The number of aliphatic carboxylic acids is 1. The topological polar surface area (TPSA) is 66.3 Å². The van der Waals surface area contributed by atoms with Gasteiger partial charge < -0.3 is 10.0 Å². The highest BCUT2D eigenvalue weighted by atomic mass is 32.1. The monoisotopic (exact) mass is 279 g/mol. The van der Waals surface area contributed by atoms with E-state index in [-0.39, 0.29) is 0 Å². The van der Waals surface area contributed by atoms with Crippen LogP contribution in [-0.2, 0) is 11.2 Å². The van der Waals surface area contributed by atoms with E-state index in [1.807, 2.05) is 6.92 Å². The van der Waals surface area contributed by atoms with E-state index in [0.29, 0.717) is 12.2 Å². The molecule has 5 nitrogen and oxygen atoms in total. The lowest BCUT2D eigenvalue weighted by Gasteiger charge is -2.25. The van der Waals surface area contributed by atoms with E-state index >= 15 is 0 Å². The fourth-order valence-corrected chi connectivity index (χ4v) is 3.04. The van der Waals surface area contributed by atoms with Gasteiger partial charge in [0.25, 0.3) is 0 Å². The Kier molecular flexibility index (Phi) is 3.99. The molecule has 102 valence electrons. The standard InChI is InChI=1S/C13H17N3O2S/c1-4-8-6-9-11(14-7-15-12(9)19-8)16(3)10(5-2)13(17)18/h6-7,10H,4-5H2,1-3H3,(H,17,18). The van der Waals surface area contributed by atoms with Crippen LogP contribution in [0.3, 0.4) is 0 Å². The van der Waals surface area contributed by atoms with Gasteiger partial charge in [0.2, 0.25) is 0 Å². The summed E-state index contributed by atoms with van der Waals surface area (Å²) < 4.78 is 0. The van der Waals surface area contributed by atoms with Crippen LogP contribution >= 0.6 is 11.3 Å². The summed E-state index contributed by atoms with van der Waals surface area (Å²) in [5, 5.41) is 10.2. The maximum absolute atomic E-state index is 11.3. The second-order valence-corrected chi connectivity index (χ2v) is 5.47. The van der Waals surface area contributed by atoms with Crippen molar-refractivity contribution in [3.63, 3.8) is 0 Å². The number of nitrogens with zero attached hydrogens (tertiary/aromatic N) is 3. The second-order valence-electron chi connectivity index (χ2n) is 4.36. The summed E-state index contributed by atoms with van der Waals surface area (Å²) in [6, 6.07) is 1.49. The number of likely N-dealkylation sites (N-methyl/N-ethyl adjacent to an activating group) is 1. The molecule has 6 heteroatoms. The molecule has 0 bridgehead atoms. The molecule has 0 aliphatic rings. The minimum absolute atomic E-state index is 0.530. The average molecular weight is 279 g/mol. The van der Waals surface area contributed by atoms with E-state index in [1.165, 1.54) is 11.2 Å². The van der Waals surface area contributed by atoms with E-state index in [2.05, 4.69) is 23.0 Å². The highest BCUT2D eigenvalue weighted by Crippen LogP contribution is 2.31. The number of carboxylic acid groups (broad SMARTS) is 1. The Bertz CT molecular complexity index is 597. The largest absolute Gasteiger partial charge is 0.480 e. The lowest BCUT2D eigenvalue weighted by atomic mass is 10.2. The fourth-order valence-electron chi connectivity index (χ4n) is 2.11. The molecule has 19 heavy (non-hydrogen) atoms.